The molecule has 0 saturated carbocycles. The Labute approximate surface area is 131 Å². The van der Waals surface area contributed by atoms with Crippen molar-refractivity contribution < 1.29 is 18.1 Å². The van der Waals surface area contributed by atoms with E-state index in [9.17, 15) is 18.1 Å². The normalized spacial score (nSPS) is 12.0. The van der Waals surface area contributed by atoms with Crippen molar-refractivity contribution in [2.24, 2.45) is 10.2 Å². The molecule has 0 aliphatic heterocycles. The molecule has 0 saturated heterocycles. The number of nitrogens with zero attached hydrogens (tertiary/aromatic N) is 3. The van der Waals surface area contributed by atoms with Gasteiger partial charge in [-0.2, -0.15) is 8.42 Å². The fourth-order valence-electron chi connectivity index (χ4n) is 2.10. The van der Waals surface area contributed by atoms with Crippen molar-refractivity contribution in [1.82, 2.24) is 4.98 Å². The van der Waals surface area contributed by atoms with Crippen molar-refractivity contribution in [3.8, 4) is 5.75 Å². The van der Waals surface area contributed by atoms with Crippen LogP contribution in [0.4, 0.5) is 11.5 Å². The number of aromatic hydroxyl groups is 1. The van der Waals surface area contributed by atoms with Gasteiger partial charge >= 0.3 is 0 Å². The van der Waals surface area contributed by atoms with E-state index < -0.39 is 15.0 Å². The number of phenols is 1. The van der Waals surface area contributed by atoms with Crippen molar-refractivity contribution >= 4 is 32.4 Å². The van der Waals surface area contributed by atoms with Crippen LogP contribution in [0.25, 0.3) is 10.8 Å². The summed E-state index contributed by atoms with van der Waals surface area (Å²) in [5.74, 6) is -0.142. The molecular weight excluding hydrogens is 318 g/mol. The van der Waals surface area contributed by atoms with Gasteiger partial charge < -0.3 is 5.11 Å². The first kappa shape index (κ1) is 15.1. The molecule has 1 aromatic heterocycles. The van der Waals surface area contributed by atoms with Crippen LogP contribution in [-0.2, 0) is 10.1 Å². The Hall–Kier alpha value is -2.84. The van der Waals surface area contributed by atoms with E-state index in [2.05, 4.69) is 15.2 Å². The molecule has 23 heavy (non-hydrogen) atoms. The quantitative estimate of drug-likeness (QED) is 0.563. The molecule has 8 heteroatoms. The molecule has 2 N–H and O–H groups in total. The first-order valence-electron chi connectivity index (χ1n) is 6.52. The number of benzene rings is 2. The van der Waals surface area contributed by atoms with Gasteiger partial charge in [-0.15, -0.1) is 10.2 Å². The molecule has 3 aromatic rings. The van der Waals surface area contributed by atoms with Gasteiger partial charge in [0.25, 0.3) is 10.1 Å². The number of azo groups is 1. The fraction of sp³-hybridized carbons (Fsp3) is 0. The van der Waals surface area contributed by atoms with Crippen LogP contribution in [0.3, 0.4) is 0 Å². The Morgan fingerprint density at radius 2 is 1.74 bits per heavy atom. The van der Waals surface area contributed by atoms with Gasteiger partial charge in [0, 0.05) is 11.6 Å². The summed E-state index contributed by atoms with van der Waals surface area (Å²) in [7, 11) is -4.59. The first-order valence-corrected chi connectivity index (χ1v) is 7.96. The molecule has 2 aromatic carbocycles. The van der Waals surface area contributed by atoms with Crippen molar-refractivity contribution in [3.05, 3.63) is 54.7 Å². The van der Waals surface area contributed by atoms with Crippen molar-refractivity contribution in [2.45, 2.75) is 4.90 Å². The second-order valence-electron chi connectivity index (χ2n) is 4.66. The van der Waals surface area contributed by atoms with E-state index in [1.807, 2.05) is 0 Å². The van der Waals surface area contributed by atoms with E-state index in [0.717, 1.165) is 0 Å². The lowest BCUT2D eigenvalue weighted by molar-refractivity contribution is 0.472. The maximum absolute atomic E-state index is 11.6. The predicted octanol–water partition coefficient (Wildman–Crippen LogP) is 3.60. The fourth-order valence-corrected chi connectivity index (χ4v) is 2.76. The molecule has 0 aliphatic carbocycles. The van der Waals surface area contributed by atoms with Crippen molar-refractivity contribution in [1.29, 1.82) is 0 Å². The highest BCUT2D eigenvalue weighted by Gasteiger charge is 2.21. The van der Waals surface area contributed by atoms with Gasteiger partial charge in [0.2, 0.25) is 0 Å². The largest absolute Gasteiger partial charge is 0.505 e. The first-order chi connectivity index (χ1) is 11.0. The molecule has 0 fully saturated rings. The van der Waals surface area contributed by atoms with Crippen LogP contribution in [0.2, 0.25) is 0 Å². The summed E-state index contributed by atoms with van der Waals surface area (Å²) in [6, 6.07) is 12.8. The smallest absolute Gasteiger partial charge is 0.296 e. The molecule has 1 heterocycles. The number of fused-ring (bicyclic) bond motifs is 1. The zero-order chi connectivity index (χ0) is 16.4. The Kier molecular flexibility index (Phi) is 3.77. The summed E-state index contributed by atoms with van der Waals surface area (Å²) >= 11 is 0. The number of rotatable bonds is 3. The SMILES string of the molecule is O=S(=O)(O)c1cc2ccccc2c(O)c1N=Nc1ccccn1. The van der Waals surface area contributed by atoms with Gasteiger partial charge in [0.15, 0.2) is 11.6 Å². The van der Waals surface area contributed by atoms with Crippen molar-refractivity contribution in [3.63, 3.8) is 0 Å². The molecule has 0 aliphatic rings. The summed E-state index contributed by atoms with van der Waals surface area (Å²) < 4.78 is 32.6. The minimum absolute atomic E-state index is 0.237. The highest BCUT2D eigenvalue weighted by molar-refractivity contribution is 7.86. The molecule has 0 amide bonds. The third-order valence-corrected chi connectivity index (χ3v) is 4.01. The Balaban J connectivity index is 2.25. The monoisotopic (exact) mass is 329 g/mol. The van der Waals surface area contributed by atoms with Gasteiger partial charge in [0.05, 0.1) is 0 Å². The van der Waals surface area contributed by atoms with Crippen molar-refractivity contribution in [2.75, 3.05) is 0 Å². The minimum atomic E-state index is -4.59. The molecule has 0 spiro atoms. The molecule has 0 atom stereocenters. The van der Waals surface area contributed by atoms with Crippen LogP contribution in [0.1, 0.15) is 0 Å². The number of hydrogen-bond acceptors (Lipinski definition) is 6. The Morgan fingerprint density at radius 3 is 2.43 bits per heavy atom. The van der Waals surface area contributed by atoms with Gasteiger partial charge in [0.1, 0.15) is 10.6 Å². The average molecular weight is 329 g/mol. The van der Waals surface area contributed by atoms with E-state index in [0.29, 0.717) is 10.8 Å². The zero-order valence-corrected chi connectivity index (χ0v) is 12.5. The Morgan fingerprint density at radius 1 is 1.00 bits per heavy atom. The summed E-state index contributed by atoms with van der Waals surface area (Å²) in [6.45, 7) is 0. The van der Waals surface area contributed by atoms with Gasteiger partial charge in [-0.3, -0.25) is 4.55 Å². The van der Waals surface area contributed by atoms with Gasteiger partial charge in [-0.05, 0) is 23.6 Å². The van der Waals surface area contributed by atoms with Gasteiger partial charge in [-0.25, -0.2) is 4.98 Å². The van der Waals surface area contributed by atoms with E-state index in [1.165, 1.54) is 12.3 Å². The predicted molar refractivity (Wildman–Crippen MR) is 83.8 cm³/mol. The molecule has 0 unspecified atom stereocenters. The second-order valence-corrected chi connectivity index (χ2v) is 6.05. The molecule has 116 valence electrons. The highest BCUT2D eigenvalue weighted by atomic mass is 32.2. The second kappa shape index (κ2) is 5.75. The lowest BCUT2D eigenvalue weighted by atomic mass is 10.1. The topological polar surface area (TPSA) is 112 Å². The van der Waals surface area contributed by atoms with E-state index >= 15 is 0 Å². The van der Waals surface area contributed by atoms with Crippen LogP contribution in [0, 0.1) is 0 Å². The van der Waals surface area contributed by atoms with Gasteiger partial charge in [-0.1, -0.05) is 30.3 Å². The summed E-state index contributed by atoms with van der Waals surface area (Å²) in [4.78, 5) is 3.40. The van der Waals surface area contributed by atoms with Crippen LogP contribution in [0.15, 0.2) is 69.9 Å². The lowest BCUT2D eigenvalue weighted by Crippen LogP contribution is -1.99. The number of aromatic nitrogens is 1. The highest BCUT2D eigenvalue weighted by Crippen LogP contribution is 2.40. The molecule has 0 radical (unpaired) electrons. The number of phenolic OH excluding ortho intramolecular Hbond substituents is 1. The molecule has 7 nitrogen and oxygen atoms in total. The molecular formula is C15H11N3O4S. The summed E-state index contributed by atoms with van der Waals surface area (Å²) in [6.07, 6.45) is 1.50. The average Bonchev–Trinajstić information content (AvgIpc) is 2.54. The molecule has 0 bridgehead atoms. The standard InChI is InChI=1S/C15H11N3O4S/c19-15-11-6-2-1-5-10(11)9-12(23(20,21)22)14(15)18-17-13-7-3-4-8-16-13/h1-9,19H,(H,20,21,22). The lowest BCUT2D eigenvalue weighted by Gasteiger charge is -2.08. The third-order valence-electron chi connectivity index (χ3n) is 3.14. The summed E-state index contributed by atoms with van der Waals surface area (Å²) in [5, 5.41) is 18.7. The third kappa shape index (κ3) is 3.03. The van der Waals surface area contributed by atoms with E-state index in [1.54, 1.807) is 42.5 Å². The van der Waals surface area contributed by atoms with Crippen LogP contribution in [0.5, 0.6) is 5.75 Å². The van der Waals surface area contributed by atoms with E-state index in [4.69, 9.17) is 0 Å². The minimum Gasteiger partial charge on any atom is -0.505 e. The molecule has 3 rings (SSSR count). The maximum Gasteiger partial charge on any atom is 0.296 e. The van der Waals surface area contributed by atoms with Crippen LogP contribution in [-0.4, -0.2) is 23.1 Å². The number of hydrogen-bond donors (Lipinski definition) is 2. The zero-order valence-electron chi connectivity index (χ0n) is 11.7. The van der Waals surface area contributed by atoms with Crippen LogP contribution >= 0.6 is 0 Å². The van der Waals surface area contributed by atoms with E-state index in [-0.39, 0.29) is 17.3 Å². The number of pyridine rings is 1. The van der Waals surface area contributed by atoms with Crippen LogP contribution < -0.4 is 0 Å². The summed E-state index contributed by atoms with van der Waals surface area (Å²) in [5.41, 5.74) is -0.336. The Bertz CT molecular complexity index is 1000. The maximum atomic E-state index is 11.6.